The second-order valence-electron chi connectivity index (χ2n) is 8.28. The molecule has 3 aliphatic rings. The van der Waals surface area contributed by atoms with Crippen molar-refractivity contribution in [2.24, 2.45) is 11.8 Å². The Balaban J connectivity index is 1.34. The Morgan fingerprint density at radius 1 is 1.28 bits per heavy atom. The van der Waals surface area contributed by atoms with Crippen LogP contribution in [0.5, 0.6) is 0 Å². The fourth-order valence-electron chi connectivity index (χ4n) is 5.44. The van der Waals surface area contributed by atoms with Crippen molar-refractivity contribution in [3.05, 3.63) is 34.9 Å². The highest BCUT2D eigenvalue weighted by Gasteiger charge is 2.48. The van der Waals surface area contributed by atoms with E-state index in [0.717, 1.165) is 25.9 Å². The van der Waals surface area contributed by atoms with Gasteiger partial charge in [0.25, 0.3) is 11.8 Å². The van der Waals surface area contributed by atoms with E-state index in [9.17, 15) is 9.59 Å². The zero-order valence-corrected chi connectivity index (χ0v) is 17.0. The lowest BCUT2D eigenvalue weighted by Crippen LogP contribution is -2.66. The maximum atomic E-state index is 12.9. The molecule has 5 rings (SSSR count). The van der Waals surface area contributed by atoms with Gasteiger partial charge in [-0.15, -0.1) is 11.3 Å². The lowest BCUT2D eigenvalue weighted by molar-refractivity contribution is -0.0635. The quantitative estimate of drug-likeness (QED) is 0.820. The molecule has 2 aromatic heterocycles. The highest BCUT2D eigenvalue weighted by molar-refractivity contribution is 7.07. The van der Waals surface area contributed by atoms with E-state index in [1.165, 1.54) is 36.8 Å². The topological polar surface area (TPSA) is 91.6 Å². The summed E-state index contributed by atoms with van der Waals surface area (Å²) in [4.78, 5) is 37.9. The first kappa shape index (κ1) is 18.7. The molecule has 4 atom stereocenters. The number of nitrogens with one attached hydrogen (secondary N) is 1. The number of piperidine rings is 3. The smallest absolute Gasteiger partial charge is 0.291 e. The van der Waals surface area contributed by atoms with Gasteiger partial charge in [-0.25, -0.2) is 9.97 Å². The maximum Gasteiger partial charge on any atom is 0.291 e. The van der Waals surface area contributed by atoms with Gasteiger partial charge < -0.3 is 14.6 Å². The van der Waals surface area contributed by atoms with E-state index in [1.807, 2.05) is 4.90 Å². The van der Waals surface area contributed by atoms with Gasteiger partial charge in [-0.3, -0.25) is 14.5 Å². The molecule has 3 aliphatic heterocycles. The molecule has 0 aliphatic carbocycles. The van der Waals surface area contributed by atoms with Gasteiger partial charge in [-0.05, 0) is 37.6 Å². The Kier molecular flexibility index (Phi) is 5.09. The van der Waals surface area contributed by atoms with Crippen LogP contribution in [0.3, 0.4) is 0 Å². The lowest BCUT2D eigenvalue weighted by Gasteiger charge is -2.56. The van der Waals surface area contributed by atoms with E-state index in [0.29, 0.717) is 42.4 Å². The van der Waals surface area contributed by atoms with Crippen LogP contribution in [0.1, 0.15) is 46.7 Å². The van der Waals surface area contributed by atoms with Crippen molar-refractivity contribution in [1.82, 2.24) is 25.1 Å². The zero-order chi connectivity index (χ0) is 19.8. The van der Waals surface area contributed by atoms with Crippen molar-refractivity contribution < 1.29 is 14.0 Å². The third kappa shape index (κ3) is 3.57. The molecule has 2 amide bonds. The van der Waals surface area contributed by atoms with Crippen molar-refractivity contribution in [2.45, 2.75) is 37.8 Å². The molecule has 9 heteroatoms. The van der Waals surface area contributed by atoms with Crippen LogP contribution < -0.4 is 5.32 Å². The van der Waals surface area contributed by atoms with Crippen LogP contribution in [0.25, 0.3) is 0 Å². The standard InChI is InChI=1S/C20H25N5O3S/c26-19(15-10-29-12-23-15)22-6-17-14-5-13(16-3-1-2-4-25(16)17)8-24(9-14)20(27)18-7-21-11-28-18/h7,10-14,16-17H,1-6,8-9H2,(H,22,26)/t13-,14+,16+,17+/m1/s1. The monoisotopic (exact) mass is 415 g/mol. The van der Waals surface area contributed by atoms with E-state index in [2.05, 4.69) is 20.2 Å². The SMILES string of the molecule is O=C(NC[C@H]1[C@H]2C[C@H](CN(C(=O)c3cnco3)C2)[C@@H]2CCCCN21)c1cscn1. The van der Waals surface area contributed by atoms with Crippen LogP contribution in [-0.4, -0.2) is 69.8 Å². The fraction of sp³-hybridized carbons (Fsp3) is 0.600. The second kappa shape index (κ2) is 7.87. The minimum atomic E-state index is -0.118. The summed E-state index contributed by atoms with van der Waals surface area (Å²) in [6.07, 6.45) is 7.50. The highest BCUT2D eigenvalue weighted by atomic mass is 32.1. The average molecular weight is 416 g/mol. The molecule has 0 aromatic carbocycles. The highest BCUT2D eigenvalue weighted by Crippen LogP contribution is 2.41. The van der Waals surface area contributed by atoms with Gasteiger partial charge in [0, 0.05) is 37.1 Å². The summed E-state index contributed by atoms with van der Waals surface area (Å²) in [5.41, 5.74) is 2.15. The van der Waals surface area contributed by atoms with Crippen LogP contribution in [0.4, 0.5) is 0 Å². The van der Waals surface area contributed by atoms with E-state index in [4.69, 9.17) is 4.42 Å². The van der Waals surface area contributed by atoms with Crippen molar-refractivity contribution in [1.29, 1.82) is 0 Å². The van der Waals surface area contributed by atoms with Crippen molar-refractivity contribution in [3.8, 4) is 0 Å². The number of thiazole rings is 1. The van der Waals surface area contributed by atoms with Crippen molar-refractivity contribution in [3.63, 3.8) is 0 Å². The number of aromatic nitrogens is 2. The summed E-state index contributed by atoms with van der Waals surface area (Å²) < 4.78 is 5.25. The molecule has 8 nitrogen and oxygen atoms in total. The average Bonchev–Trinajstić information content (AvgIpc) is 3.47. The molecule has 154 valence electrons. The number of carbonyl (C=O) groups is 2. The Morgan fingerprint density at radius 2 is 2.17 bits per heavy atom. The number of hydrogen-bond donors (Lipinski definition) is 1. The molecule has 0 saturated carbocycles. The van der Waals surface area contributed by atoms with Gasteiger partial charge in [0.05, 0.1) is 11.7 Å². The molecule has 3 saturated heterocycles. The number of likely N-dealkylation sites (tertiary alicyclic amines) is 1. The minimum Gasteiger partial charge on any atom is -0.438 e. The van der Waals surface area contributed by atoms with Crippen molar-refractivity contribution >= 4 is 23.2 Å². The molecule has 2 aromatic rings. The van der Waals surface area contributed by atoms with Gasteiger partial charge in [0.2, 0.25) is 5.76 Å². The first-order chi connectivity index (χ1) is 14.2. The van der Waals surface area contributed by atoms with Crippen molar-refractivity contribution in [2.75, 3.05) is 26.2 Å². The molecule has 0 spiro atoms. The van der Waals surface area contributed by atoms with Crippen LogP contribution >= 0.6 is 11.3 Å². The Bertz CT molecular complexity index is 856. The number of hydrogen-bond acceptors (Lipinski definition) is 7. The predicted octanol–water partition coefficient (Wildman–Crippen LogP) is 1.88. The Labute approximate surface area is 173 Å². The first-order valence-electron chi connectivity index (χ1n) is 10.3. The summed E-state index contributed by atoms with van der Waals surface area (Å²) in [6, 6.07) is 0.718. The Hall–Kier alpha value is -2.26. The fourth-order valence-corrected chi connectivity index (χ4v) is 5.98. The molecule has 1 N–H and O–H groups in total. The molecule has 2 bridgehead atoms. The van der Waals surface area contributed by atoms with E-state index in [1.54, 1.807) is 10.9 Å². The minimum absolute atomic E-state index is 0.0771. The van der Waals surface area contributed by atoms with E-state index >= 15 is 0 Å². The predicted molar refractivity (Wildman–Crippen MR) is 107 cm³/mol. The third-order valence-corrected chi connectivity index (χ3v) is 7.28. The molecular formula is C20H25N5O3S. The number of fused-ring (bicyclic) bond motifs is 4. The number of rotatable bonds is 4. The number of amides is 2. The Morgan fingerprint density at radius 3 is 2.97 bits per heavy atom. The summed E-state index contributed by atoms with van der Waals surface area (Å²) in [5.74, 6) is 0.926. The molecule has 0 unspecified atom stereocenters. The molecule has 29 heavy (non-hydrogen) atoms. The maximum absolute atomic E-state index is 12.9. The summed E-state index contributed by atoms with van der Waals surface area (Å²) in [6.45, 7) is 3.13. The summed E-state index contributed by atoms with van der Waals surface area (Å²) in [7, 11) is 0. The molecule has 0 radical (unpaired) electrons. The lowest BCUT2D eigenvalue weighted by atomic mass is 9.72. The number of oxazole rings is 1. The van der Waals surface area contributed by atoms with Gasteiger partial charge in [0.1, 0.15) is 5.69 Å². The van der Waals surface area contributed by atoms with Gasteiger partial charge >= 0.3 is 0 Å². The normalized spacial score (nSPS) is 29.3. The van der Waals surface area contributed by atoms with Gasteiger partial charge in [-0.1, -0.05) is 6.42 Å². The van der Waals surface area contributed by atoms with Crippen LogP contribution in [-0.2, 0) is 0 Å². The molecule has 5 heterocycles. The first-order valence-corrected chi connectivity index (χ1v) is 11.2. The van der Waals surface area contributed by atoms with E-state index < -0.39 is 0 Å². The van der Waals surface area contributed by atoms with Crippen LogP contribution in [0.15, 0.2) is 27.9 Å². The van der Waals surface area contributed by atoms with Crippen LogP contribution in [0.2, 0.25) is 0 Å². The van der Waals surface area contributed by atoms with Gasteiger partial charge in [0.15, 0.2) is 6.39 Å². The van der Waals surface area contributed by atoms with Crippen LogP contribution in [0, 0.1) is 11.8 Å². The second-order valence-corrected chi connectivity index (χ2v) is 9.00. The number of nitrogens with zero attached hydrogens (tertiary/aromatic N) is 4. The third-order valence-electron chi connectivity index (χ3n) is 6.69. The van der Waals surface area contributed by atoms with Gasteiger partial charge in [-0.2, -0.15) is 0 Å². The summed E-state index contributed by atoms with van der Waals surface area (Å²) in [5, 5.41) is 4.87. The molecular weight excluding hydrogens is 390 g/mol. The zero-order valence-electron chi connectivity index (χ0n) is 16.2. The molecule has 3 fully saturated rings. The number of carbonyl (C=O) groups excluding carboxylic acids is 2. The summed E-state index contributed by atoms with van der Waals surface area (Å²) >= 11 is 1.42. The van der Waals surface area contributed by atoms with E-state index in [-0.39, 0.29) is 17.9 Å². The largest absolute Gasteiger partial charge is 0.438 e.